The van der Waals surface area contributed by atoms with Gasteiger partial charge in [0.05, 0.1) is 6.54 Å². The number of hydrogen-bond donors (Lipinski definition) is 1. The van der Waals surface area contributed by atoms with Crippen molar-refractivity contribution in [2.45, 2.75) is 0 Å². The van der Waals surface area contributed by atoms with Gasteiger partial charge in [-0.25, -0.2) is 0 Å². The van der Waals surface area contributed by atoms with Gasteiger partial charge in [0.2, 0.25) is 0 Å². The van der Waals surface area contributed by atoms with E-state index in [1.54, 1.807) is 0 Å². The van der Waals surface area contributed by atoms with Crippen molar-refractivity contribution in [3.63, 3.8) is 0 Å². The molecular weight excluding hydrogens is 288 g/mol. The van der Waals surface area contributed by atoms with E-state index in [1.165, 1.54) is 0 Å². The molecule has 2 rings (SSSR count). The van der Waals surface area contributed by atoms with Gasteiger partial charge in [-0.1, -0.05) is 0 Å². The molecule has 126 valence electrons. The minimum Gasteiger partial charge on any atom is -0.480 e. The minimum atomic E-state index is -0.718. The van der Waals surface area contributed by atoms with Gasteiger partial charge in [-0.05, 0) is 7.05 Å². The molecule has 2 saturated heterocycles. The topological polar surface area (TPSA) is 84.4 Å². The van der Waals surface area contributed by atoms with Crippen LogP contribution in [0.4, 0.5) is 0 Å². The number of aliphatic carboxylic acids is 1. The largest absolute Gasteiger partial charge is 0.480 e. The van der Waals surface area contributed by atoms with Crippen LogP contribution in [0, 0.1) is 0 Å². The Labute approximate surface area is 131 Å². The van der Waals surface area contributed by atoms with Crippen molar-refractivity contribution in [2.24, 2.45) is 0 Å². The molecule has 0 spiro atoms. The lowest BCUT2D eigenvalue weighted by Crippen LogP contribution is -2.42. The summed E-state index contributed by atoms with van der Waals surface area (Å²) in [7, 11) is 2.18. The molecule has 0 radical (unpaired) electrons. The van der Waals surface area contributed by atoms with E-state index >= 15 is 0 Å². The predicted molar refractivity (Wildman–Crippen MR) is 79.5 cm³/mol. The average molecular weight is 314 g/mol. The third-order valence-electron chi connectivity index (χ3n) is 4.15. The van der Waals surface area contributed by atoms with Gasteiger partial charge in [0, 0.05) is 65.4 Å². The van der Waals surface area contributed by atoms with Gasteiger partial charge in [0.1, 0.15) is 0 Å². The molecule has 0 aromatic heterocycles. The highest BCUT2D eigenvalue weighted by molar-refractivity contribution is 5.69. The number of nitrogens with zero attached hydrogens (tertiary/aromatic N) is 4. The van der Waals surface area contributed by atoms with Gasteiger partial charge in [-0.3, -0.25) is 19.5 Å². The molecule has 0 saturated carbocycles. The monoisotopic (exact) mass is 314 g/mol. The summed E-state index contributed by atoms with van der Waals surface area (Å²) in [6, 6.07) is 0. The van der Waals surface area contributed by atoms with Crippen LogP contribution in [0.5, 0.6) is 0 Å². The molecule has 2 aliphatic rings. The van der Waals surface area contributed by atoms with E-state index in [1.807, 2.05) is 0 Å². The molecule has 2 unspecified atom stereocenters. The maximum Gasteiger partial charge on any atom is 0.373 e. The predicted octanol–water partition coefficient (Wildman–Crippen LogP) is -1.65. The Morgan fingerprint density at radius 2 is 1.23 bits per heavy atom. The molecule has 2 atom stereocenters. The minimum absolute atomic E-state index is 0.168. The Morgan fingerprint density at radius 1 is 0.864 bits per heavy atom. The van der Waals surface area contributed by atoms with Crippen LogP contribution in [0.25, 0.3) is 0 Å². The van der Waals surface area contributed by atoms with Crippen LogP contribution in [0.3, 0.4) is 0 Å². The van der Waals surface area contributed by atoms with Crippen LogP contribution in [-0.2, 0) is 14.4 Å². The number of carboxylic acids is 1. The first-order valence-corrected chi connectivity index (χ1v) is 7.62. The second-order valence-corrected chi connectivity index (χ2v) is 5.74. The zero-order chi connectivity index (χ0) is 16.4. The number of likely N-dealkylation sites (N-methyl/N-ethyl adjacent to an activating group) is 1. The van der Waals surface area contributed by atoms with E-state index in [4.69, 9.17) is 14.7 Å². The zero-order valence-electron chi connectivity index (χ0n) is 13.2. The molecule has 2 aliphatic heterocycles. The molecule has 8 heteroatoms. The van der Waals surface area contributed by atoms with Gasteiger partial charge >= 0.3 is 12.1 Å². The highest BCUT2D eigenvalue weighted by atomic mass is 16.4. The molecule has 1 N–H and O–H groups in total. The van der Waals surface area contributed by atoms with Crippen LogP contribution < -0.4 is 0 Å². The van der Waals surface area contributed by atoms with E-state index < -0.39 is 5.97 Å². The molecule has 2 heterocycles. The number of fused-ring (bicyclic) bond motifs is 3. The standard InChI is InChI=1S/C13H26N4O2.CO2/c1-14-2-4-15-6-7-16(5-3-14)9-11-17(10-8-15)12-13(18)19;2-1-3/h2-12H2,1H3,(H,18,19);. The summed E-state index contributed by atoms with van der Waals surface area (Å²) in [5.74, 6) is -0.718. The van der Waals surface area contributed by atoms with Crippen molar-refractivity contribution in [3.05, 3.63) is 0 Å². The molecule has 0 aromatic carbocycles. The van der Waals surface area contributed by atoms with Crippen molar-refractivity contribution < 1.29 is 19.5 Å². The van der Waals surface area contributed by atoms with Crippen LogP contribution >= 0.6 is 0 Å². The van der Waals surface area contributed by atoms with Crippen LogP contribution in [0.2, 0.25) is 0 Å². The van der Waals surface area contributed by atoms with E-state index in [0.717, 1.165) is 65.4 Å². The first-order valence-electron chi connectivity index (χ1n) is 7.62. The zero-order valence-corrected chi connectivity index (χ0v) is 13.2. The van der Waals surface area contributed by atoms with Gasteiger partial charge in [0.25, 0.3) is 0 Å². The lowest BCUT2D eigenvalue weighted by Gasteiger charge is -2.27. The number of carboxylic acid groups (broad SMARTS) is 1. The molecule has 0 aromatic rings. The summed E-state index contributed by atoms with van der Waals surface area (Å²) in [5.41, 5.74) is 0. The Hall–Kier alpha value is -1.31. The summed E-state index contributed by atoms with van der Waals surface area (Å²) in [5, 5.41) is 8.96. The quantitative estimate of drug-likeness (QED) is 0.649. The highest BCUT2D eigenvalue weighted by Crippen LogP contribution is 2.03. The van der Waals surface area contributed by atoms with Crippen LogP contribution in [-0.4, -0.2) is 116 Å². The second-order valence-electron chi connectivity index (χ2n) is 5.74. The van der Waals surface area contributed by atoms with E-state index in [-0.39, 0.29) is 12.7 Å². The first-order chi connectivity index (χ1) is 10.5. The Kier molecular flexibility index (Phi) is 8.88. The van der Waals surface area contributed by atoms with E-state index in [9.17, 15) is 4.79 Å². The maximum atomic E-state index is 10.9. The first kappa shape index (κ1) is 18.7. The molecular formula is C14H26N4O4. The third kappa shape index (κ3) is 7.63. The molecule has 8 nitrogen and oxygen atoms in total. The van der Waals surface area contributed by atoms with Crippen molar-refractivity contribution in [1.29, 1.82) is 0 Å². The van der Waals surface area contributed by atoms with Gasteiger partial charge in [-0.15, -0.1) is 0 Å². The summed E-state index contributed by atoms with van der Waals surface area (Å²) < 4.78 is 0. The second kappa shape index (κ2) is 10.4. The normalized spacial score (nSPS) is 27.7. The van der Waals surface area contributed by atoms with E-state index in [0.29, 0.717) is 0 Å². The molecule has 2 bridgehead atoms. The lowest BCUT2D eigenvalue weighted by molar-refractivity contribution is -0.191. The Balaban J connectivity index is 0.000000745. The average Bonchev–Trinajstić information content (AvgIpc) is 2.60. The van der Waals surface area contributed by atoms with Crippen molar-refractivity contribution in [1.82, 2.24) is 19.6 Å². The molecule has 0 amide bonds. The van der Waals surface area contributed by atoms with E-state index in [2.05, 4.69) is 26.6 Å². The highest BCUT2D eigenvalue weighted by Gasteiger charge is 2.19. The summed E-state index contributed by atoms with van der Waals surface area (Å²) in [4.78, 5) is 36.5. The SMILES string of the molecule is CN1CCN2CCN(CC1)CCN(CC(=O)O)CC2.O=C=O. The van der Waals surface area contributed by atoms with Crippen molar-refractivity contribution in [3.8, 4) is 0 Å². The summed E-state index contributed by atoms with van der Waals surface area (Å²) in [6.07, 6.45) is 0.250. The third-order valence-corrected chi connectivity index (χ3v) is 4.15. The van der Waals surface area contributed by atoms with Crippen LogP contribution in [0.15, 0.2) is 0 Å². The molecule has 2 fully saturated rings. The fraction of sp³-hybridized carbons (Fsp3) is 0.857. The summed E-state index contributed by atoms with van der Waals surface area (Å²) >= 11 is 0. The number of carbonyl (C=O) groups is 1. The number of carbonyl (C=O) groups excluding carboxylic acids is 2. The van der Waals surface area contributed by atoms with Gasteiger partial charge < -0.3 is 10.0 Å². The Bertz CT molecular complexity index is 354. The number of rotatable bonds is 2. The van der Waals surface area contributed by atoms with Gasteiger partial charge in [-0.2, -0.15) is 9.59 Å². The lowest BCUT2D eigenvalue weighted by atomic mass is 10.3. The van der Waals surface area contributed by atoms with Crippen molar-refractivity contribution in [2.75, 3.05) is 79.0 Å². The number of hydrogen-bond acceptors (Lipinski definition) is 7. The molecule has 0 aliphatic carbocycles. The smallest absolute Gasteiger partial charge is 0.373 e. The summed E-state index contributed by atoms with van der Waals surface area (Å²) in [6.45, 7) is 10.5. The van der Waals surface area contributed by atoms with Crippen molar-refractivity contribution >= 4 is 12.1 Å². The Morgan fingerprint density at radius 3 is 1.64 bits per heavy atom. The fourth-order valence-corrected chi connectivity index (χ4v) is 2.72. The maximum absolute atomic E-state index is 10.9. The molecule has 22 heavy (non-hydrogen) atoms. The van der Waals surface area contributed by atoms with Gasteiger partial charge in [0.15, 0.2) is 0 Å². The van der Waals surface area contributed by atoms with Crippen LogP contribution in [0.1, 0.15) is 0 Å². The fourth-order valence-electron chi connectivity index (χ4n) is 2.72.